The molecule has 0 aliphatic rings. The molecular formula is C25H35N3O8S. The number of sulfonamides is 1. The third-order valence-electron chi connectivity index (χ3n) is 5.79. The number of aliphatic hydroxyl groups excluding tert-OH is 1. The lowest BCUT2D eigenvalue weighted by Gasteiger charge is -2.34. The van der Waals surface area contributed by atoms with E-state index in [9.17, 15) is 28.2 Å². The molecule has 0 spiro atoms. The summed E-state index contributed by atoms with van der Waals surface area (Å²) in [6, 6.07) is 13.8. The van der Waals surface area contributed by atoms with Crippen molar-refractivity contribution >= 4 is 22.2 Å². The van der Waals surface area contributed by atoms with Crippen LogP contribution in [-0.4, -0.2) is 74.1 Å². The summed E-state index contributed by atoms with van der Waals surface area (Å²) in [6.07, 6.45) is -3.20. The summed E-state index contributed by atoms with van der Waals surface area (Å²) >= 11 is 0. The van der Waals surface area contributed by atoms with E-state index in [2.05, 4.69) is 5.32 Å². The van der Waals surface area contributed by atoms with Gasteiger partial charge in [0.2, 0.25) is 10.0 Å². The molecule has 0 heterocycles. The number of primary amides is 1. The van der Waals surface area contributed by atoms with E-state index in [-0.39, 0.29) is 31.0 Å². The van der Waals surface area contributed by atoms with E-state index in [4.69, 9.17) is 15.2 Å². The quantitative estimate of drug-likeness (QED) is 0.285. The number of nitrogens with two attached hydrogens (primary N) is 1. The van der Waals surface area contributed by atoms with Crippen LogP contribution in [0.2, 0.25) is 0 Å². The van der Waals surface area contributed by atoms with E-state index >= 15 is 0 Å². The topological polar surface area (TPSA) is 168 Å². The predicted molar refractivity (Wildman–Crippen MR) is 137 cm³/mol. The summed E-state index contributed by atoms with van der Waals surface area (Å²) in [7, 11) is -2.66. The van der Waals surface area contributed by atoms with Crippen LogP contribution in [0.3, 0.4) is 0 Å². The molecule has 204 valence electrons. The number of benzene rings is 2. The van der Waals surface area contributed by atoms with Gasteiger partial charge in [0.05, 0.1) is 30.8 Å². The third-order valence-corrected chi connectivity index (χ3v) is 7.61. The molecule has 0 saturated heterocycles. The number of nitrogens with one attached hydrogen (secondary N) is 1. The summed E-state index contributed by atoms with van der Waals surface area (Å²) in [5.41, 5.74) is 5.11. The van der Waals surface area contributed by atoms with Crippen molar-refractivity contribution in [2.75, 3.05) is 26.8 Å². The number of carbonyl (C=O) groups excluding carboxylic acids is 1. The molecule has 0 aliphatic heterocycles. The van der Waals surface area contributed by atoms with E-state index in [1.54, 1.807) is 38.1 Å². The zero-order valence-corrected chi connectivity index (χ0v) is 22.0. The summed E-state index contributed by atoms with van der Waals surface area (Å²) < 4.78 is 38.4. The van der Waals surface area contributed by atoms with Gasteiger partial charge < -0.3 is 30.7 Å². The Morgan fingerprint density at radius 1 is 1.11 bits per heavy atom. The number of aliphatic hydroxyl groups is 1. The van der Waals surface area contributed by atoms with Gasteiger partial charge in [0.1, 0.15) is 5.75 Å². The van der Waals surface area contributed by atoms with E-state index in [1.165, 1.54) is 31.4 Å². The van der Waals surface area contributed by atoms with Gasteiger partial charge in [0, 0.05) is 13.1 Å². The van der Waals surface area contributed by atoms with Gasteiger partial charge >= 0.3 is 12.2 Å². The smallest absolute Gasteiger partial charge is 0.404 e. The molecule has 11 nitrogen and oxygen atoms in total. The van der Waals surface area contributed by atoms with Gasteiger partial charge in [-0.1, -0.05) is 44.2 Å². The first kappa shape index (κ1) is 29.9. The van der Waals surface area contributed by atoms with Crippen molar-refractivity contribution in [1.82, 2.24) is 9.62 Å². The molecule has 0 aromatic heterocycles. The number of rotatable bonds is 14. The molecular weight excluding hydrogens is 502 g/mol. The summed E-state index contributed by atoms with van der Waals surface area (Å²) in [4.78, 5) is 22.4. The maximum Gasteiger partial charge on any atom is 0.404 e. The van der Waals surface area contributed by atoms with Crippen molar-refractivity contribution < 1.29 is 37.7 Å². The average Bonchev–Trinajstić information content (AvgIpc) is 2.83. The predicted octanol–water partition coefficient (Wildman–Crippen LogP) is 2.44. The Hall–Kier alpha value is -3.35. The van der Waals surface area contributed by atoms with Crippen molar-refractivity contribution in [3.63, 3.8) is 0 Å². The average molecular weight is 538 g/mol. The first-order valence-electron chi connectivity index (χ1n) is 11.6. The molecule has 12 heteroatoms. The molecule has 2 aromatic carbocycles. The molecule has 2 amide bonds. The van der Waals surface area contributed by atoms with Gasteiger partial charge in [-0.05, 0) is 48.1 Å². The lowest BCUT2D eigenvalue weighted by Crippen LogP contribution is -2.51. The SMILES string of the molecule is COc1ccc(S(=O)(=O)N(C[C@H](O)[C@H](Cc2ccccc2)NC(=O)O)CC(C)(C)CCOC(N)=O)cc1. The van der Waals surface area contributed by atoms with Gasteiger partial charge in [0.25, 0.3) is 0 Å². The maximum absolute atomic E-state index is 13.7. The van der Waals surface area contributed by atoms with Crippen molar-refractivity contribution in [3.05, 3.63) is 60.2 Å². The largest absolute Gasteiger partial charge is 0.497 e. The zero-order chi connectivity index (χ0) is 27.6. The lowest BCUT2D eigenvalue weighted by atomic mass is 9.89. The molecule has 0 unspecified atom stereocenters. The zero-order valence-electron chi connectivity index (χ0n) is 21.2. The molecule has 37 heavy (non-hydrogen) atoms. The van der Waals surface area contributed by atoms with Crippen LogP contribution in [0.15, 0.2) is 59.5 Å². The number of ether oxygens (including phenoxy) is 2. The Balaban J connectivity index is 2.35. The van der Waals surface area contributed by atoms with E-state index in [0.29, 0.717) is 12.2 Å². The Bertz CT molecular complexity index is 1120. The lowest BCUT2D eigenvalue weighted by molar-refractivity contribution is 0.0854. The van der Waals surface area contributed by atoms with Gasteiger partial charge in [-0.3, -0.25) is 0 Å². The van der Waals surface area contributed by atoms with Crippen LogP contribution in [0.1, 0.15) is 25.8 Å². The highest BCUT2D eigenvalue weighted by Crippen LogP contribution is 2.27. The number of methoxy groups -OCH3 is 1. The highest BCUT2D eigenvalue weighted by atomic mass is 32.2. The second kappa shape index (κ2) is 13.3. The molecule has 0 fully saturated rings. The van der Waals surface area contributed by atoms with Crippen LogP contribution in [0.25, 0.3) is 0 Å². The number of amides is 2. The fraction of sp³-hybridized carbons (Fsp3) is 0.440. The minimum atomic E-state index is -4.12. The molecule has 0 aliphatic carbocycles. The van der Waals surface area contributed by atoms with Crippen LogP contribution in [0, 0.1) is 5.41 Å². The number of hydrogen-bond donors (Lipinski definition) is 4. The molecule has 2 atom stereocenters. The highest BCUT2D eigenvalue weighted by Gasteiger charge is 2.34. The number of hydrogen-bond acceptors (Lipinski definition) is 7. The Morgan fingerprint density at radius 3 is 2.27 bits per heavy atom. The third kappa shape index (κ3) is 9.56. The second-order valence-corrected chi connectivity index (χ2v) is 11.3. The van der Waals surface area contributed by atoms with Crippen molar-refractivity contribution in [1.29, 1.82) is 0 Å². The van der Waals surface area contributed by atoms with Crippen LogP contribution in [0.4, 0.5) is 9.59 Å². The minimum Gasteiger partial charge on any atom is -0.497 e. The fourth-order valence-corrected chi connectivity index (χ4v) is 5.42. The van der Waals surface area contributed by atoms with Crippen molar-refractivity contribution in [2.45, 2.75) is 43.7 Å². The number of carboxylic acid groups (broad SMARTS) is 1. The second-order valence-electron chi connectivity index (χ2n) is 9.37. The van der Waals surface area contributed by atoms with Crippen LogP contribution in [0.5, 0.6) is 5.75 Å². The van der Waals surface area contributed by atoms with E-state index in [1.807, 2.05) is 6.07 Å². The monoisotopic (exact) mass is 537 g/mol. The number of nitrogens with zero attached hydrogens (tertiary/aromatic N) is 1. The Kier molecular flexibility index (Phi) is 10.7. The van der Waals surface area contributed by atoms with Gasteiger partial charge in [0.15, 0.2) is 0 Å². The first-order valence-corrected chi connectivity index (χ1v) is 13.1. The van der Waals surface area contributed by atoms with E-state index in [0.717, 1.165) is 9.87 Å². The molecule has 0 radical (unpaired) electrons. The Morgan fingerprint density at radius 2 is 1.73 bits per heavy atom. The standard InChI is InChI=1S/C25H35N3O8S/c1-25(2,13-14-36-23(26)30)17-28(37(33,34)20-11-9-19(35-3)10-12-20)16-22(29)21(27-24(31)32)15-18-7-5-4-6-8-18/h4-12,21-22,27,29H,13-17H2,1-3H3,(H2,26,30)(H,31,32)/t21-,22-/m0/s1. The van der Waals surface area contributed by atoms with Crippen molar-refractivity contribution in [3.8, 4) is 5.75 Å². The summed E-state index contributed by atoms with van der Waals surface area (Å²) in [5.74, 6) is 0.475. The van der Waals surface area contributed by atoms with Crippen molar-refractivity contribution in [2.24, 2.45) is 11.1 Å². The van der Waals surface area contributed by atoms with Crippen LogP contribution in [-0.2, 0) is 21.2 Å². The van der Waals surface area contributed by atoms with Crippen LogP contribution < -0.4 is 15.8 Å². The highest BCUT2D eigenvalue weighted by molar-refractivity contribution is 7.89. The minimum absolute atomic E-state index is 0.0154. The van der Waals surface area contributed by atoms with Gasteiger partial charge in [-0.2, -0.15) is 4.31 Å². The Labute approximate surface area is 217 Å². The fourth-order valence-electron chi connectivity index (χ4n) is 3.77. The molecule has 2 rings (SSSR count). The summed E-state index contributed by atoms with van der Waals surface area (Å²) in [5, 5.41) is 22.7. The molecule has 5 N–H and O–H groups in total. The van der Waals surface area contributed by atoms with Gasteiger partial charge in [-0.15, -0.1) is 0 Å². The maximum atomic E-state index is 13.7. The first-order chi connectivity index (χ1) is 17.3. The molecule has 0 bridgehead atoms. The normalized spacial score (nSPS) is 13.5. The number of carbonyl (C=O) groups is 2. The van der Waals surface area contributed by atoms with Gasteiger partial charge in [-0.25, -0.2) is 18.0 Å². The molecule has 0 saturated carbocycles. The molecule has 2 aromatic rings. The van der Waals surface area contributed by atoms with E-state index < -0.39 is 39.8 Å². The van der Waals surface area contributed by atoms with Crippen LogP contribution >= 0.6 is 0 Å². The summed E-state index contributed by atoms with van der Waals surface area (Å²) in [6.45, 7) is 3.13.